The lowest BCUT2D eigenvalue weighted by Crippen LogP contribution is -2.65. The molecule has 2 aromatic carbocycles. The molecule has 0 radical (unpaired) electrons. The maximum absolute atomic E-state index is 13.9. The van der Waals surface area contributed by atoms with Gasteiger partial charge in [0.2, 0.25) is 0 Å². The highest BCUT2D eigenvalue weighted by molar-refractivity contribution is 5.95. The van der Waals surface area contributed by atoms with Gasteiger partial charge in [0.15, 0.2) is 0 Å². The first kappa shape index (κ1) is 29.0. The minimum Gasteiger partial charge on any atom is -0.379 e. The number of alkyl halides is 6. The van der Waals surface area contributed by atoms with Gasteiger partial charge in [0.1, 0.15) is 0 Å². The highest BCUT2D eigenvalue weighted by Crippen LogP contribution is 2.37. The molecule has 3 atom stereocenters. The molecule has 0 bridgehead atoms. The first-order chi connectivity index (χ1) is 20.0. The van der Waals surface area contributed by atoms with Gasteiger partial charge in [0, 0.05) is 73.5 Å². The van der Waals surface area contributed by atoms with Crippen molar-refractivity contribution in [3.8, 4) is 0 Å². The number of aromatic nitrogens is 1. The van der Waals surface area contributed by atoms with Gasteiger partial charge in [-0.05, 0) is 49.1 Å². The molecule has 226 valence electrons. The summed E-state index contributed by atoms with van der Waals surface area (Å²) in [4.78, 5) is 23.4. The minimum atomic E-state index is -5.03. The van der Waals surface area contributed by atoms with Crippen molar-refractivity contribution in [1.29, 1.82) is 0 Å². The number of nitrogens with one attached hydrogen (secondary N) is 1. The number of hydrogen-bond acceptors (Lipinski definition) is 4. The molecule has 1 aromatic heterocycles. The fourth-order valence-electron chi connectivity index (χ4n) is 6.72. The van der Waals surface area contributed by atoms with Crippen LogP contribution in [0.4, 0.5) is 26.3 Å². The molecule has 0 spiro atoms. The maximum Gasteiger partial charge on any atom is 0.416 e. The number of carbonyl (C=O) groups is 1. The van der Waals surface area contributed by atoms with Crippen LogP contribution in [0.15, 0.2) is 48.7 Å². The van der Waals surface area contributed by atoms with Gasteiger partial charge in [-0.3, -0.25) is 14.6 Å². The second-order valence-electron chi connectivity index (χ2n) is 11.5. The Morgan fingerprint density at radius 1 is 0.857 bits per heavy atom. The van der Waals surface area contributed by atoms with Crippen molar-refractivity contribution in [2.24, 2.45) is 0 Å². The predicted molar refractivity (Wildman–Crippen MR) is 144 cm³/mol. The summed E-state index contributed by atoms with van der Waals surface area (Å²) in [6.07, 6.45) is -6.11. The normalized spacial score (nSPS) is 24.6. The van der Waals surface area contributed by atoms with Crippen LogP contribution in [0.25, 0.3) is 10.9 Å². The fraction of sp³-hybridized carbons (Fsp3) is 0.500. The van der Waals surface area contributed by atoms with Crippen LogP contribution in [0.2, 0.25) is 0 Å². The van der Waals surface area contributed by atoms with Gasteiger partial charge >= 0.3 is 12.4 Å². The Morgan fingerprint density at radius 3 is 2.17 bits per heavy atom. The van der Waals surface area contributed by atoms with E-state index in [-0.39, 0.29) is 18.7 Å². The SMILES string of the molecule is O=C(c1cc(C(F)(F)F)cc(C(F)(F)F)c1)N1C[C@H]2CC[C@@H](N3CCOCC3)CN2C[C@H]1Cc1c[nH]c2ccccc12. The van der Waals surface area contributed by atoms with Crippen molar-refractivity contribution in [3.05, 3.63) is 70.9 Å². The number of morpholine rings is 1. The average molecular weight is 595 g/mol. The van der Waals surface area contributed by atoms with Crippen LogP contribution in [0.1, 0.15) is 39.9 Å². The lowest BCUT2D eigenvalue weighted by molar-refractivity contribution is -0.143. The van der Waals surface area contributed by atoms with Crippen molar-refractivity contribution < 1.29 is 35.9 Å². The summed E-state index contributed by atoms with van der Waals surface area (Å²) in [5, 5.41) is 0.968. The Kier molecular flexibility index (Phi) is 7.73. The fourth-order valence-corrected chi connectivity index (χ4v) is 6.72. The molecule has 3 aromatic rings. The van der Waals surface area contributed by atoms with E-state index in [1.807, 2.05) is 30.5 Å². The minimum absolute atomic E-state index is 0.0293. The van der Waals surface area contributed by atoms with Crippen LogP contribution in [-0.4, -0.2) is 89.7 Å². The zero-order valence-corrected chi connectivity index (χ0v) is 22.8. The summed E-state index contributed by atoms with van der Waals surface area (Å²) >= 11 is 0. The Hall–Kier alpha value is -3.09. The number of H-pyrrole nitrogens is 1. The van der Waals surface area contributed by atoms with E-state index in [4.69, 9.17) is 4.74 Å². The molecule has 1 amide bonds. The molecule has 0 saturated carbocycles. The third kappa shape index (κ3) is 5.89. The van der Waals surface area contributed by atoms with E-state index in [9.17, 15) is 31.1 Å². The van der Waals surface area contributed by atoms with Gasteiger partial charge in [0.05, 0.1) is 24.3 Å². The lowest BCUT2D eigenvalue weighted by Gasteiger charge is -2.52. The number of piperidine rings is 1. The van der Waals surface area contributed by atoms with Crippen molar-refractivity contribution in [1.82, 2.24) is 19.7 Å². The molecular formula is C30H32F6N4O2. The number of benzene rings is 2. The molecular weight excluding hydrogens is 562 g/mol. The van der Waals surface area contributed by atoms with Crippen molar-refractivity contribution in [3.63, 3.8) is 0 Å². The van der Waals surface area contributed by atoms with E-state index in [2.05, 4.69) is 14.8 Å². The van der Waals surface area contributed by atoms with Gasteiger partial charge < -0.3 is 14.6 Å². The Bertz CT molecular complexity index is 1400. The third-order valence-corrected chi connectivity index (χ3v) is 8.88. The second kappa shape index (κ2) is 11.2. The zero-order valence-electron chi connectivity index (χ0n) is 22.8. The molecule has 6 rings (SSSR count). The molecule has 4 heterocycles. The van der Waals surface area contributed by atoms with Crippen LogP contribution in [0, 0.1) is 0 Å². The molecule has 6 nitrogen and oxygen atoms in total. The topological polar surface area (TPSA) is 51.8 Å². The Morgan fingerprint density at radius 2 is 1.50 bits per heavy atom. The molecule has 3 aliphatic heterocycles. The van der Waals surface area contributed by atoms with Gasteiger partial charge in [-0.25, -0.2) is 0 Å². The summed E-state index contributed by atoms with van der Waals surface area (Å²) in [5.74, 6) is -0.814. The number of hydrogen-bond donors (Lipinski definition) is 1. The average Bonchev–Trinajstić information content (AvgIpc) is 3.38. The van der Waals surface area contributed by atoms with Gasteiger partial charge in [-0.1, -0.05) is 18.2 Å². The first-order valence-electron chi connectivity index (χ1n) is 14.2. The molecule has 0 unspecified atom stereocenters. The number of halogens is 6. The quantitative estimate of drug-likeness (QED) is 0.409. The number of aromatic amines is 1. The number of nitrogens with zero attached hydrogens (tertiary/aromatic N) is 3. The maximum atomic E-state index is 13.9. The van der Waals surface area contributed by atoms with Crippen LogP contribution >= 0.6 is 0 Å². The highest BCUT2D eigenvalue weighted by atomic mass is 19.4. The number of ether oxygens (including phenoxy) is 1. The van der Waals surface area contributed by atoms with E-state index < -0.39 is 41.0 Å². The monoisotopic (exact) mass is 594 g/mol. The Labute approximate surface area is 239 Å². The van der Waals surface area contributed by atoms with E-state index in [0.717, 1.165) is 48.9 Å². The Balaban J connectivity index is 1.32. The molecule has 3 saturated heterocycles. The standard InChI is InChI=1S/C30H32F6N4O2/c31-29(32,33)21-11-19(12-22(14-21)30(34,35)36)28(41)40-18-24-6-5-23(38-7-9-42-10-8-38)16-39(24)17-25(40)13-20-15-37-27-4-2-1-3-26(20)27/h1-4,11-12,14-15,23-25,37H,5-10,13,16-18H2/t23-,24-,25-/m1/s1. The van der Waals surface area contributed by atoms with Crippen LogP contribution < -0.4 is 0 Å². The third-order valence-electron chi connectivity index (χ3n) is 8.88. The number of fused-ring (bicyclic) bond motifs is 2. The number of carbonyl (C=O) groups excluding carboxylic acids is 1. The van der Waals surface area contributed by atoms with E-state index in [1.165, 1.54) is 4.90 Å². The summed E-state index contributed by atoms with van der Waals surface area (Å²) < 4.78 is 87.2. The molecule has 3 aliphatic rings. The van der Waals surface area contributed by atoms with Crippen LogP contribution in [0.5, 0.6) is 0 Å². The number of amides is 1. The number of rotatable bonds is 4. The summed E-state index contributed by atoms with van der Waals surface area (Å²) in [7, 11) is 0. The van der Waals surface area contributed by atoms with Gasteiger partial charge in [0.25, 0.3) is 5.91 Å². The molecule has 0 aliphatic carbocycles. The molecule has 1 N–H and O–H groups in total. The van der Waals surface area contributed by atoms with E-state index in [1.54, 1.807) is 0 Å². The van der Waals surface area contributed by atoms with Crippen LogP contribution in [0.3, 0.4) is 0 Å². The van der Waals surface area contributed by atoms with Crippen molar-refractivity contribution in [2.75, 3.05) is 45.9 Å². The molecule has 3 fully saturated rings. The smallest absolute Gasteiger partial charge is 0.379 e. The van der Waals surface area contributed by atoms with Crippen molar-refractivity contribution >= 4 is 16.8 Å². The molecule has 12 heteroatoms. The largest absolute Gasteiger partial charge is 0.416 e. The second-order valence-corrected chi connectivity index (χ2v) is 11.5. The number of para-hydroxylation sites is 1. The van der Waals surface area contributed by atoms with Crippen LogP contribution in [-0.2, 0) is 23.5 Å². The zero-order chi connectivity index (χ0) is 29.6. The van der Waals surface area contributed by atoms with Gasteiger partial charge in [-0.15, -0.1) is 0 Å². The highest BCUT2D eigenvalue weighted by Gasteiger charge is 2.43. The summed E-state index contributed by atoms with van der Waals surface area (Å²) in [5.41, 5.74) is -1.72. The van der Waals surface area contributed by atoms with Gasteiger partial charge in [-0.2, -0.15) is 26.3 Å². The summed E-state index contributed by atoms with van der Waals surface area (Å²) in [6, 6.07) is 8.69. The first-order valence-corrected chi connectivity index (χ1v) is 14.2. The number of piperazine rings is 1. The van der Waals surface area contributed by atoms with E-state index in [0.29, 0.717) is 44.4 Å². The predicted octanol–water partition coefficient (Wildman–Crippen LogP) is 5.44. The molecule has 42 heavy (non-hydrogen) atoms. The van der Waals surface area contributed by atoms with E-state index >= 15 is 0 Å². The van der Waals surface area contributed by atoms with Crippen molar-refractivity contribution in [2.45, 2.75) is 49.7 Å². The summed E-state index contributed by atoms with van der Waals surface area (Å²) in [6.45, 7) is 4.57. The lowest BCUT2D eigenvalue weighted by atomic mass is 9.90.